The Balaban J connectivity index is 2.71. The summed E-state index contributed by atoms with van der Waals surface area (Å²) in [6.45, 7) is 1.83. The number of halogens is 1. The molecule has 1 heterocycles. The maximum Gasteiger partial charge on any atom is 0.161 e. The van der Waals surface area contributed by atoms with Crippen molar-refractivity contribution in [1.82, 2.24) is 4.57 Å². The number of Topliss-reactive ketones (excluding diaryl/α,β-unsaturated/α-hetero) is 1. The summed E-state index contributed by atoms with van der Waals surface area (Å²) in [4.78, 5) is 11.4. The maximum absolute atomic E-state index is 13.1. The van der Waals surface area contributed by atoms with E-state index in [1.165, 1.54) is 19.1 Å². The Hall–Kier alpha value is -1.68. The highest BCUT2D eigenvalue weighted by molar-refractivity contribution is 6.06. The lowest BCUT2D eigenvalue weighted by atomic mass is 10.1. The molecule has 16 heavy (non-hydrogen) atoms. The number of hydrogen-bond acceptors (Lipinski definition) is 2. The van der Waals surface area contributed by atoms with Gasteiger partial charge in [-0.15, -0.1) is 0 Å². The average Bonchev–Trinajstić information content (AvgIpc) is 2.57. The molecular weight excluding hydrogens is 209 g/mol. The Morgan fingerprint density at radius 3 is 2.88 bits per heavy atom. The normalized spacial score (nSPS) is 10.9. The lowest BCUT2D eigenvalue weighted by Gasteiger charge is -2.01. The molecule has 0 aliphatic carbocycles. The Kier molecular flexibility index (Phi) is 2.75. The van der Waals surface area contributed by atoms with Crippen molar-refractivity contribution in [2.75, 3.05) is 6.61 Å². The van der Waals surface area contributed by atoms with Gasteiger partial charge in [0, 0.05) is 29.2 Å². The fourth-order valence-corrected chi connectivity index (χ4v) is 1.84. The topological polar surface area (TPSA) is 42.2 Å². The van der Waals surface area contributed by atoms with Crippen LogP contribution in [0.15, 0.2) is 24.4 Å². The lowest BCUT2D eigenvalue weighted by molar-refractivity contribution is 0.101. The summed E-state index contributed by atoms with van der Waals surface area (Å²) >= 11 is 0. The molecule has 0 aliphatic rings. The first-order valence-corrected chi connectivity index (χ1v) is 5.03. The number of aromatic nitrogens is 1. The number of benzene rings is 1. The number of hydrogen-bond donors (Lipinski definition) is 1. The van der Waals surface area contributed by atoms with E-state index < -0.39 is 0 Å². The molecule has 0 amide bonds. The number of carbonyl (C=O) groups excluding carboxylic acids is 1. The second kappa shape index (κ2) is 4.06. The summed E-state index contributed by atoms with van der Waals surface area (Å²) in [5.74, 6) is -0.468. The van der Waals surface area contributed by atoms with E-state index in [4.69, 9.17) is 5.11 Å². The molecule has 0 saturated carbocycles. The van der Waals surface area contributed by atoms with E-state index >= 15 is 0 Å². The van der Waals surface area contributed by atoms with Gasteiger partial charge in [-0.3, -0.25) is 4.79 Å². The van der Waals surface area contributed by atoms with Crippen molar-refractivity contribution in [1.29, 1.82) is 0 Å². The first-order chi connectivity index (χ1) is 7.63. The number of nitrogens with zero attached hydrogens (tertiary/aromatic N) is 1. The Morgan fingerprint density at radius 2 is 2.25 bits per heavy atom. The number of rotatable bonds is 3. The van der Waals surface area contributed by atoms with E-state index in [-0.39, 0.29) is 18.2 Å². The van der Waals surface area contributed by atoms with Crippen LogP contribution in [0.25, 0.3) is 10.9 Å². The molecule has 3 nitrogen and oxygen atoms in total. The van der Waals surface area contributed by atoms with Crippen LogP contribution in [-0.2, 0) is 6.54 Å². The third-order valence-electron chi connectivity index (χ3n) is 2.56. The van der Waals surface area contributed by atoms with Gasteiger partial charge in [0.05, 0.1) is 6.61 Å². The summed E-state index contributed by atoms with van der Waals surface area (Å²) in [7, 11) is 0. The molecule has 1 aromatic carbocycles. The van der Waals surface area contributed by atoms with E-state index in [1.807, 2.05) is 0 Å². The number of ketones is 1. The first-order valence-electron chi connectivity index (χ1n) is 5.03. The maximum atomic E-state index is 13.1. The first kappa shape index (κ1) is 10.8. The summed E-state index contributed by atoms with van der Waals surface area (Å²) in [6.07, 6.45) is 1.66. The summed E-state index contributed by atoms with van der Waals surface area (Å²) in [5, 5.41) is 9.50. The predicted octanol–water partition coefficient (Wildman–Crippen LogP) is 1.98. The molecule has 0 radical (unpaired) electrons. The zero-order valence-corrected chi connectivity index (χ0v) is 8.90. The van der Waals surface area contributed by atoms with Crippen LogP contribution >= 0.6 is 0 Å². The minimum absolute atomic E-state index is 0.0154. The summed E-state index contributed by atoms with van der Waals surface area (Å²) < 4.78 is 14.9. The zero-order chi connectivity index (χ0) is 11.7. The number of aliphatic hydroxyl groups excluding tert-OH is 1. The molecular formula is C12H12FNO2. The minimum atomic E-state index is -0.364. The van der Waals surface area contributed by atoms with E-state index in [9.17, 15) is 9.18 Å². The van der Waals surface area contributed by atoms with Gasteiger partial charge in [-0.2, -0.15) is 0 Å². The molecule has 1 N–H and O–H groups in total. The quantitative estimate of drug-likeness (QED) is 0.805. The van der Waals surface area contributed by atoms with Crippen LogP contribution in [0.5, 0.6) is 0 Å². The third-order valence-corrected chi connectivity index (χ3v) is 2.56. The largest absolute Gasteiger partial charge is 0.395 e. The average molecular weight is 221 g/mol. The fourth-order valence-electron chi connectivity index (χ4n) is 1.84. The van der Waals surface area contributed by atoms with Gasteiger partial charge in [0.1, 0.15) is 5.82 Å². The second-order valence-electron chi connectivity index (χ2n) is 3.68. The molecule has 0 spiro atoms. The molecule has 0 bridgehead atoms. The molecule has 0 saturated heterocycles. The highest BCUT2D eigenvalue weighted by Gasteiger charge is 2.12. The molecule has 0 fully saturated rings. The van der Waals surface area contributed by atoms with Gasteiger partial charge in [0.15, 0.2) is 5.78 Å². The van der Waals surface area contributed by atoms with Crippen molar-refractivity contribution in [3.05, 3.63) is 35.8 Å². The van der Waals surface area contributed by atoms with Crippen LogP contribution < -0.4 is 0 Å². The van der Waals surface area contributed by atoms with Crippen LogP contribution in [-0.4, -0.2) is 22.1 Å². The molecule has 1 aromatic heterocycles. The van der Waals surface area contributed by atoms with Gasteiger partial charge < -0.3 is 9.67 Å². The van der Waals surface area contributed by atoms with Crippen molar-refractivity contribution >= 4 is 16.7 Å². The van der Waals surface area contributed by atoms with Crippen molar-refractivity contribution < 1.29 is 14.3 Å². The monoisotopic (exact) mass is 221 g/mol. The second-order valence-corrected chi connectivity index (χ2v) is 3.68. The van der Waals surface area contributed by atoms with Gasteiger partial charge >= 0.3 is 0 Å². The zero-order valence-electron chi connectivity index (χ0n) is 8.90. The van der Waals surface area contributed by atoms with Crippen LogP contribution in [0.4, 0.5) is 4.39 Å². The van der Waals surface area contributed by atoms with Crippen LogP contribution in [0, 0.1) is 5.82 Å². The smallest absolute Gasteiger partial charge is 0.161 e. The third kappa shape index (κ3) is 1.72. The summed E-state index contributed by atoms with van der Waals surface area (Å²) in [6, 6.07) is 4.31. The molecule has 0 unspecified atom stereocenters. The predicted molar refractivity (Wildman–Crippen MR) is 59.0 cm³/mol. The van der Waals surface area contributed by atoms with Crippen molar-refractivity contribution in [3.63, 3.8) is 0 Å². The number of carbonyl (C=O) groups is 1. The van der Waals surface area contributed by atoms with Crippen molar-refractivity contribution in [2.45, 2.75) is 13.5 Å². The molecule has 4 heteroatoms. The summed E-state index contributed by atoms with van der Waals surface area (Å²) in [5.41, 5.74) is 1.25. The van der Waals surface area contributed by atoms with Gasteiger partial charge in [-0.25, -0.2) is 4.39 Å². The molecule has 2 aromatic rings. The van der Waals surface area contributed by atoms with E-state index in [0.29, 0.717) is 17.5 Å². The van der Waals surface area contributed by atoms with Crippen molar-refractivity contribution in [2.24, 2.45) is 0 Å². The number of aliphatic hydroxyl groups is 1. The molecule has 0 atom stereocenters. The standard InChI is InChI=1S/C12H12FNO2/c1-8(16)11-7-14(4-5-15)12-3-2-9(13)6-10(11)12/h2-3,6-7,15H,4-5H2,1H3. The number of fused-ring (bicyclic) bond motifs is 1. The van der Waals surface area contributed by atoms with Crippen LogP contribution in [0.3, 0.4) is 0 Å². The minimum Gasteiger partial charge on any atom is -0.395 e. The van der Waals surface area contributed by atoms with Gasteiger partial charge in [-0.1, -0.05) is 0 Å². The van der Waals surface area contributed by atoms with Crippen LogP contribution in [0.2, 0.25) is 0 Å². The lowest BCUT2D eigenvalue weighted by Crippen LogP contribution is -2.00. The Labute approximate surface area is 92.1 Å². The Morgan fingerprint density at radius 1 is 1.50 bits per heavy atom. The SMILES string of the molecule is CC(=O)c1cn(CCO)c2ccc(F)cc12. The van der Waals surface area contributed by atoms with E-state index in [1.54, 1.807) is 16.8 Å². The van der Waals surface area contributed by atoms with Gasteiger partial charge in [0.2, 0.25) is 0 Å². The molecule has 2 rings (SSSR count). The fraction of sp³-hybridized carbons (Fsp3) is 0.250. The highest BCUT2D eigenvalue weighted by Crippen LogP contribution is 2.22. The van der Waals surface area contributed by atoms with Crippen molar-refractivity contribution in [3.8, 4) is 0 Å². The molecule has 84 valence electrons. The van der Waals surface area contributed by atoms with E-state index in [0.717, 1.165) is 5.52 Å². The van der Waals surface area contributed by atoms with Gasteiger partial charge in [0.25, 0.3) is 0 Å². The van der Waals surface area contributed by atoms with Gasteiger partial charge in [-0.05, 0) is 25.1 Å². The van der Waals surface area contributed by atoms with E-state index in [2.05, 4.69) is 0 Å². The Bertz CT molecular complexity index is 545. The molecule has 0 aliphatic heterocycles. The highest BCUT2D eigenvalue weighted by atomic mass is 19.1. The van der Waals surface area contributed by atoms with Crippen LogP contribution in [0.1, 0.15) is 17.3 Å².